The Kier molecular flexibility index (Phi) is 7.23. The molecule has 10 nitrogen and oxygen atoms in total. The zero-order valence-corrected chi connectivity index (χ0v) is 20.1. The summed E-state index contributed by atoms with van der Waals surface area (Å²) < 4.78 is 10.5. The van der Waals surface area contributed by atoms with Gasteiger partial charge in [-0.25, -0.2) is 9.59 Å². The summed E-state index contributed by atoms with van der Waals surface area (Å²) in [5, 5.41) is 4.69. The first-order valence-corrected chi connectivity index (χ1v) is 10.9. The van der Waals surface area contributed by atoms with E-state index in [2.05, 4.69) is 10.6 Å². The Hall–Kier alpha value is -4.21. The molecular formula is C25H27N3O7. The molecule has 1 aliphatic rings. The smallest absolute Gasteiger partial charge is 0.342 e. The number of urea groups is 1. The molecule has 0 aromatic heterocycles. The second kappa shape index (κ2) is 9.96. The molecule has 0 saturated heterocycles. The van der Waals surface area contributed by atoms with Crippen molar-refractivity contribution in [1.29, 1.82) is 0 Å². The molecule has 1 atom stereocenters. The topological polar surface area (TPSA) is 131 Å². The number of esters is 1. The van der Waals surface area contributed by atoms with Crippen LogP contribution in [0.25, 0.3) is 0 Å². The summed E-state index contributed by atoms with van der Waals surface area (Å²) in [4.78, 5) is 63.4. The maximum Gasteiger partial charge on any atom is 0.342 e. The van der Waals surface area contributed by atoms with Gasteiger partial charge in [-0.1, -0.05) is 18.2 Å². The minimum atomic E-state index is -1.28. The first kappa shape index (κ1) is 25.4. The van der Waals surface area contributed by atoms with Crippen LogP contribution in [0.3, 0.4) is 0 Å². The maximum absolute atomic E-state index is 12.8. The third kappa shape index (κ3) is 5.84. The fraction of sp³-hybridized carbons (Fsp3) is 0.320. The number of methoxy groups -OCH3 is 1. The fourth-order valence-corrected chi connectivity index (χ4v) is 3.44. The van der Waals surface area contributed by atoms with Gasteiger partial charge in [-0.05, 0) is 57.5 Å². The van der Waals surface area contributed by atoms with Crippen LogP contribution in [0.4, 0.5) is 4.79 Å². The Morgan fingerprint density at radius 3 is 2.14 bits per heavy atom. The molecule has 3 rings (SSSR count). The minimum Gasteiger partial charge on any atom is -0.496 e. The Morgan fingerprint density at radius 1 is 1.00 bits per heavy atom. The highest BCUT2D eigenvalue weighted by atomic mass is 16.5. The number of hydrogen-bond donors (Lipinski definition) is 2. The number of nitrogens with zero attached hydrogens (tertiary/aromatic N) is 1. The van der Waals surface area contributed by atoms with Crippen molar-refractivity contribution in [3.05, 3.63) is 64.7 Å². The number of benzene rings is 2. The Bertz CT molecular complexity index is 1160. The lowest BCUT2D eigenvalue weighted by molar-refractivity contribution is -0.127. The zero-order chi connectivity index (χ0) is 25.9. The van der Waals surface area contributed by atoms with Crippen LogP contribution in [-0.4, -0.2) is 53.4 Å². The molecule has 0 unspecified atom stereocenters. The van der Waals surface area contributed by atoms with E-state index >= 15 is 0 Å². The molecule has 0 radical (unpaired) electrons. The van der Waals surface area contributed by atoms with Crippen LogP contribution in [0.2, 0.25) is 0 Å². The third-order valence-electron chi connectivity index (χ3n) is 5.08. The van der Waals surface area contributed by atoms with Gasteiger partial charge < -0.3 is 14.8 Å². The van der Waals surface area contributed by atoms with E-state index in [1.165, 1.54) is 26.2 Å². The number of nitrogens with one attached hydrogen (secondary N) is 2. The molecule has 0 spiro atoms. The van der Waals surface area contributed by atoms with Gasteiger partial charge in [0.05, 0.1) is 24.8 Å². The van der Waals surface area contributed by atoms with Gasteiger partial charge in [-0.3, -0.25) is 24.6 Å². The van der Waals surface area contributed by atoms with Crippen molar-refractivity contribution < 1.29 is 33.4 Å². The molecular weight excluding hydrogens is 454 g/mol. The van der Waals surface area contributed by atoms with Crippen molar-refractivity contribution in [1.82, 2.24) is 15.5 Å². The normalized spacial score (nSPS) is 13.7. The van der Waals surface area contributed by atoms with Crippen molar-refractivity contribution in [2.75, 3.05) is 7.11 Å². The van der Waals surface area contributed by atoms with Crippen LogP contribution < -0.4 is 15.4 Å². The third-order valence-corrected chi connectivity index (χ3v) is 5.08. The molecule has 1 aliphatic heterocycles. The molecule has 1 heterocycles. The SMILES string of the molecule is COc1ccc(CN2C(=O)c3ccccc3C2=O)cc1C(=O)O[C@@H](C)C(=O)NC(=O)NC(C)(C)C. The number of amides is 5. The highest BCUT2D eigenvalue weighted by Gasteiger charge is 2.35. The van der Waals surface area contributed by atoms with Gasteiger partial charge in [0.25, 0.3) is 17.7 Å². The van der Waals surface area contributed by atoms with Crippen molar-refractivity contribution in [2.24, 2.45) is 0 Å². The Morgan fingerprint density at radius 2 is 1.60 bits per heavy atom. The Labute approximate surface area is 202 Å². The van der Waals surface area contributed by atoms with Gasteiger partial charge in [-0.15, -0.1) is 0 Å². The quantitative estimate of drug-likeness (QED) is 0.479. The summed E-state index contributed by atoms with van der Waals surface area (Å²) in [5.74, 6) is -2.35. The molecule has 2 N–H and O–H groups in total. The molecule has 0 bridgehead atoms. The molecule has 35 heavy (non-hydrogen) atoms. The molecule has 5 amide bonds. The molecule has 0 aliphatic carbocycles. The van der Waals surface area contributed by atoms with E-state index in [9.17, 15) is 24.0 Å². The van der Waals surface area contributed by atoms with Crippen LogP contribution in [0.5, 0.6) is 5.75 Å². The zero-order valence-electron chi connectivity index (χ0n) is 20.1. The van der Waals surface area contributed by atoms with E-state index in [-0.39, 0.29) is 17.9 Å². The van der Waals surface area contributed by atoms with Crippen molar-refractivity contribution in [3.63, 3.8) is 0 Å². The summed E-state index contributed by atoms with van der Waals surface area (Å²) in [5.41, 5.74) is 0.564. The first-order chi connectivity index (χ1) is 16.4. The van der Waals surface area contributed by atoms with Crippen LogP contribution in [0.15, 0.2) is 42.5 Å². The summed E-state index contributed by atoms with van der Waals surface area (Å²) in [6.07, 6.45) is -1.28. The lowest BCUT2D eigenvalue weighted by Crippen LogP contribution is -2.50. The van der Waals surface area contributed by atoms with E-state index in [1.807, 2.05) is 0 Å². The van der Waals surface area contributed by atoms with Crippen molar-refractivity contribution in [2.45, 2.75) is 45.9 Å². The van der Waals surface area contributed by atoms with E-state index in [0.717, 1.165) is 4.90 Å². The van der Waals surface area contributed by atoms with E-state index < -0.39 is 41.4 Å². The average Bonchev–Trinajstić information content (AvgIpc) is 3.02. The van der Waals surface area contributed by atoms with Crippen molar-refractivity contribution >= 4 is 29.7 Å². The van der Waals surface area contributed by atoms with Gasteiger partial charge >= 0.3 is 12.0 Å². The molecule has 0 saturated carbocycles. The Balaban J connectivity index is 1.72. The van der Waals surface area contributed by atoms with Crippen LogP contribution in [0.1, 0.15) is 64.3 Å². The van der Waals surface area contributed by atoms with Gasteiger partial charge in [0.15, 0.2) is 6.10 Å². The second-order valence-corrected chi connectivity index (χ2v) is 9.02. The highest BCUT2D eigenvalue weighted by molar-refractivity contribution is 6.21. The van der Waals surface area contributed by atoms with E-state index in [4.69, 9.17) is 9.47 Å². The minimum absolute atomic E-state index is 0.000372. The summed E-state index contributed by atoms with van der Waals surface area (Å²) >= 11 is 0. The van der Waals surface area contributed by atoms with E-state index in [0.29, 0.717) is 16.7 Å². The van der Waals surface area contributed by atoms with Crippen LogP contribution in [0, 0.1) is 0 Å². The molecule has 10 heteroatoms. The van der Waals surface area contributed by atoms with Crippen molar-refractivity contribution in [3.8, 4) is 5.75 Å². The number of imide groups is 2. The summed E-state index contributed by atoms with van der Waals surface area (Å²) in [6, 6.07) is 10.4. The lowest BCUT2D eigenvalue weighted by Gasteiger charge is -2.21. The number of hydrogen-bond acceptors (Lipinski definition) is 7. The van der Waals surface area contributed by atoms with Gasteiger partial charge in [0.1, 0.15) is 11.3 Å². The predicted molar refractivity (Wildman–Crippen MR) is 125 cm³/mol. The van der Waals surface area contributed by atoms with Gasteiger partial charge in [0, 0.05) is 5.54 Å². The van der Waals surface area contributed by atoms with Crippen LogP contribution >= 0.6 is 0 Å². The van der Waals surface area contributed by atoms with Gasteiger partial charge in [0.2, 0.25) is 0 Å². The average molecular weight is 482 g/mol. The monoisotopic (exact) mass is 481 g/mol. The number of carbonyl (C=O) groups is 5. The van der Waals surface area contributed by atoms with E-state index in [1.54, 1.807) is 51.1 Å². The summed E-state index contributed by atoms with van der Waals surface area (Å²) in [7, 11) is 1.36. The van der Waals surface area contributed by atoms with Gasteiger partial charge in [-0.2, -0.15) is 0 Å². The van der Waals surface area contributed by atoms with Crippen LogP contribution in [-0.2, 0) is 16.1 Å². The number of fused-ring (bicyclic) bond motifs is 1. The standard InChI is InChI=1S/C25H27N3O7/c1-14(20(29)26-24(33)27-25(2,3)4)35-23(32)18-12-15(10-11-19(18)34-5)13-28-21(30)16-8-6-7-9-17(16)22(28)31/h6-12,14H,13H2,1-5H3,(H2,26,27,29,33)/t14-/m0/s1. The molecule has 0 fully saturated rings. The molecule has 184 valence electrons. The summed E-state index contributed by atoms with van der Waals surface area (Å²) in [6.45, 7) is 6.51. The first-order valence-electron chi connectivity index (χ1n) is 10.9. The highest BCUT2D eigenvalue weighted by Crippen LogP contribution is 2.27. The largest absolute Gasteiger partial charge is 0.496 e. The second-order valence-electron chi connectivity index (χ2n) is 9.02. The number of rotatable bonds is 6. The fourth-order valence-electron chi connectivity index (χ4n) is 3.44. The number of carbonyl (C=O) groups excluding carboxylic acids is 5. The predicted octanol–water partition coefficient (Wildman–Crippen LogP) is 2.66. The molecule has 2 aromatic rings. The molecule has 2 aromatic carbocycles. The maximum atomic E-state index is 12.8. The lowest BCUT2D eigenvalue weighted by atomic mass is 10.1. The number of ether oxygens (including phenoxy) is 2.